The number of hydrogen-bond acceptors (Lipinski definition) is 6. The van der Waals surface area contributed by atoms with Crippen molar-refractivity contribution in [3.63, 3.8) is 0 Å². The van der Waals surface area contributed by atoms with Crippen molar-refractivity contribution in [2.24, 2.45) is 10.4 Å². The number of carbonyl (C=O) groups is 2. The molecule has 1 aliphatic heterocycles. The topological polar surface area (TPSA) is 67.8 Å². The van der Waals surface area contributed by atoms with E-state index < -0.39 is 6.04 Å². The van der Waals surface area contributed by atoms with Crippen LogP contribution in [-0.4, -0.2) is 35.9 Å². The molecule has 166 valence electrons. The van der Waals surface area contributed by atoms with E-state index in [2.05, 4.69) is 19.2 Å². The number of allylic oxidation sites excluding steroid dienone is 2. The number of anilines is 1. The smallest absolute Gasteiger partial charge is 0.331 e. The lowest BCUT2D eigenvalue weighted by Gasteiger charge is -2.36. The SMILES string of the molecule is CCOC(=O)C1CSC2=C(Nc3ccc(C(=O)c4ccccc4)cc3)CC(C)(C)CC2=N1. The molecular weight excluding hydrogens is 420 g/mol. The molecule has 0 saturated carbocycles. The number of nitrogens with zero attached hydrogens (tertiary/aromatic N) is 1. The zero-order valence-corrected chi connectivity index (χ0v) is 19.5. The third-order valence-corrected chi connectivity index (χ3v) is 6.82. The van der Waals surface area contributed by atoms with Crippen LogP contribution in [0.3, 0.4) is 0 Å². The van der Waals surface area contributed by atoms with Gasteiger partial charge in [0.15, 0.2) is 11.8 Å². The highest BCUT2D eigenvalue weighted by molar-refractivity contribution is 8.04. The van der Waals surface area contributed by atoms with Gasteiger partial charge in [-0.2, -0.15) is 0 Å². The van der Waals surface area contributed by atoms with Crippen molar-refractivity contribution in [2.45, 2.75) is 39.7 Å². The molecule has 2 aromatic rings. The first-order chi connectivity index (χ1) is 15.4. The number of thioether (sulfide) groups is 1. The molecule has 2 aliphatic rings. The highest BCUT2D eigenvalue weighted by atomic mass is 32.2. The van der Waals surface area contributed by atoms with Crippen LogP contribution in [0, 0.1) is 5.41 Å². The lowest BCUT2D eigenvalue weighted by Crippen LogP contribution is -2.34. The summed E-state index contributed by atoms with van der Waals surface area (Å²) in [4.78, 5) is 30.8. The molecular formula is C26H28N2O3S. The molecule has 5 nitrogen and oxygen atoms in total. The van der Waals surface area contributed by atoms with Crippen LogP contribution in [0.15, 0.2) is 70.2 Å². The van der Waals surface area contributed by atoms with Crippen molar-refractivity contribution in [1.82, 2.24) is 0 Å². The van der Waals surface area contributed by atoms with E-state index in [-0.39, 0.29) is 17.2 Å². The van der Waals surface area contributed by atoms with E-state index in [1.807, 2.05) is 61.5 Å². The summed E-state index contributed by atoms with van der Waals surface area (Å²) in [6.07, 6.45) is 1.73. The number of esters is 1. The van der Waals surface area contributed by atoms with Gasteiger partial charge < -0.3 is 10.1 Å². The molecule has 1 aliphatic carbocycles. The third-order valence-electron chi connectivity index (χ3n) is 5.57. The molecule has 1 atom stereocenters. The molecule has 4 rings (SSSR count). The lowest BCUT2D eigenvalue weighted by atomic mass is 9.78. The molecule has 6 heteroatoms. The normalized spacial score (nSPS) is 19.6. The summed E-state index contributed by atoms with van der Waals surface area (Å²) in [6.45, 7) is 6.62. The van der Waals surface area contributed by atoms with E-state index in [9.17, 15) is 9.59 Å². The second-order valence-corrected chi connectivity index (χ2v) is 9.91. The van der Waals surface area contributed by atoms with Gasteiger partial charge >= 0.3 is 5.97 Å². The quantitative estimate of drug-likeness (QED) is 0.468. The van der Waals surface area contributed by atoms with Crippen molar-refractivity contribution < 1.29 is 14.3 Å². The van der Waals surface area contributed by atoms with Crippen LogP contribution >= 0.6 is 11.8 Å². The molecule has 1 N–H and O–H groups in total. The highest BCUT2D eigenvalue weighted by Crippen LogP contribution is 2.43. The van der Waals surface area contributed by atoms with Crippen molar-refractivity contribution >= 4 is 34.9 Å². The van der Waals surface area contributed by atoms with E-state index >= 15 is 0 Å². The van der Waals surface area contributed by atoms with Crippen LogP contribution in [0.4, 0.5) is 5.69 Å². The van der Waals surface area contributed by atoms with Gasteiger partial charge in [0.05, 0.1) is 12.3 Å². The van der Waals surface area contributed by atoms with Crippen LogP contribution in [0.1, 0.15) is 49.5 Å². The van der Waals surface area contributed by atoms with Crippen molar-refractivity contribution in [2.75, 3.05) is 17.7 Å². The zero-order valence-electron chi connectivity index (χ0n) is 18.7. The van der Waals surface area contributed by atoms with E-state index in [1.54, 1.807) is 11.8 Å². The second-order valence-electron chi connectivity index (χ2n) is 8.88. The first-order valence-electron chi connectivity index (χ1n) is 10.9. The summed E-state index contributed by atoms with van der Waals surface area (Å²) in [6, 6.07) is 16.5. The first kappa shape index (κ1) is 22.3. The molecule has 1 heterocycles. The van der Waals surface area contributed by atoms with E-state index in [0.29, 0.717) is 23.5 Å². The Labute approximate surface area is 193 Å². The summed E-state index contributed by atoms with van der Waals surface area (Å²) >= 11 is 1.67. The summed E-state index contributed by atoms with van der Waals surface area (Å²) in [7, 11) is 0. The molecule has 0 spiro atoms. The van der Waals surface area contributed by atoms with Crippen LogP contribution in [-0.2, 0) is 9.53 Å². The molecule has 0 fully saturated rings. The summed E-state index contributed by atoms with van der Waals surface area (Å²) in [5, 5.41) is 3.56. The zero-order chi connectivity index (χ0) is 22.7. The molecule has 0 bridgehead atoms. The Morgan fingerprint density at radius 3 is 2.44 bits per heavy atom. The van der Waals surface area contributed by atoms with Gasteiger partial charge in [-0.15, -0.1) is 11.8 Å². The largest absolute Gasteiger partial charge is 0.464 e. The molecule has 32 heavy (non-hydrogen) atoms. The average Bonchev–Trinajstić information content (AvgIpc) is 2.78. The highest BCUT2D eigenvalue weighted by Gasteiger charge is 2.36. The van der Waals surface area contributed by atoms with E-state index in [1.165, 1.54) is 0 Å². The lowest BCUT2D eigenvalue weighted by molar-refractivity contribution is -0.143. The van der Waals surface area contributed by atoms with Gasteiger partial charge in [0, 0.05) is 33.2 Å². The fourth-order valence-corrected chi connectivity index (χ4v) is 5.21. The second kappa shape index (κ2) is 9.33. The minimum absolute atomic E-state index is 0.0141. The minimum atomic E-state index is -0.433. The fraction of sp³-hybridized carbons (Fsp3) is 0.346. The molecule has 0 amide bonds. The number of nitrogens with one attached hydrogen (secondary N) is 1. The maximum atomic E-state index is 12.7. The van der Waals surface area contributed by atoms with Crippen molar-refractivity contribution in [3.05, 3.63) is 76.3 Å². The van der Waals surface area contributed by atoms with Crippen molar-refractivity contribution in [1.29, 1.82) is 0 Å². The number of rotatable bonds is 6. The predicted octanol–water partition coefficient (Wildman–Crippen LogP) is 5.48. The number of aliphatic imine (C=N–C) groups is 1. The summed E-state index contributed by atoms with van der Waals surface area (Å²) in [5.74, 6) is 0.358. The number of fused-ring (bicyclic) bond motifs is 1. The summed E-state index contributed by atoms with van der Waals surface area (Å²) in [5.41, 5.74) is 4.41. The van der Waals surface area contributed by atoms with Gasteiger partial charge in [-0.05, 0) is 49.4 Å². The Morgan fingerprint density at radius 1 is 1.06 bits per heavy atom. The molecule has 2 aromatic carbocycles. The third kappa shape index (κ3) is 4.96. The Hall–Kier alpha value is -2.86. The number of hydrogen-bond donors (Lipinski definition) is 1. The molecule has 0 saturated heterocycles. The van der Waals surface area contributed by atoms with E-state index in [4.69, 9.17) is 9.73 Å². The van der Waals surface area contributed by atoms with Gasteiger partial charge in [0.1, 0.15) is 0 Å². The Balaban J connectivity index is 1.56. The van der Waals surface area contributed by atoms with Crippen molar-refractivity contribution in [3.8, 4) is 0 Å². The first-order valence-corrected chi connectivity index (χ1v) is 11.9. The maximum absolute atomic E-state index is 12.7. The van der Waals surface area contributed by atoms with Gasteiger partial charge in [0.25, 0.3) is 0 Å². The fourth-order valence-electron chi connectivity index (χ4n) is 4.09. The number of carbonyl (C=O) groups excluding carboxylic acids is 2. The molecule has 1 unspecified atom stereocenters. The maximum Gasteiger partial charge on any atom is 0.331 e. The van der Waals surface area contributed by atoms with Gasteiger partial charge in [-0.1, -0.05) is 44.2 Å². The average molecular weight is 449 g/mol. The predicted molar refractivity (Wildman–Crippen MR) is 130 cm³/mol. The Morgan fingerprint density at radius 2 is 1.75 bits per heavy atom. The number of ketones is 1. The van der Waals surface area contributed by atoms with Crippen LogP contribution in [0.5, 0.6) is 0 Å². The molecule has 0 aromatic heterocycles. The Kier molecular flexibility index (Phi) is 6.51. The Bertz CT molecular complexity index is 1070. The standard InChI is InChI=1S/C26H28N2O3S/c1-4-31-25(30)22-16-32-24-20(14-26(2,3)15-21(24)28-22)27-19-12-10-18(11-13-19)23(29)17-8-6-5-7-9-17/h5-13,22,27H,4,14-16H2,1-3H3. The number of ether oxygens (including phenoxy) is 1. The van der Waals surface area contributed by atoms with E-state index in [0.717, 1.165) is 34.8 Å². The summed E-state index contributed by atoms with van der Waals surface area (Å²) < 4.78 is 5.18. The van der Waals surface area contributed by atoms with Gasteiger partial charge in [0.2, 0.25) is 0 Å². The number of benzene rings is 2. The van der Waals surface area contributed by atoms with Crippen LogP contribution in [0.2, 0.25) is 0 Å². The van der Waals surface area contributed by atoms with Gasteiger partial charge in [-0.25, -0.2) is 4.79 Å². The van der Waals surface area contributed by atoms with Crippen LogP contribution in [0.25, 0.3) is 0 Å². The monoisotopic (exact) mass is 448 g/mol. The molecule has 0 radical (unpaired) electrons. The van der Waals surface area contributed by atoms with Crippen LogP contribution < -0.4 is 5.32 Å². The minimum Gasteiger partial charge on any atom is -0.464 e. The van der Waals surface area contributed by atoms with Gasteiger partial charge in [-0.3, -0.25) is 9.79 Å².